The van der Waals surface area contributed by atoms with Crippen LogP contribution in [0.25, 0.3) is 0 Å². The lowest BCUT2D eigenvalue weighted by molar-refractivity contribution is 0.0352. The fourth-order valence-corrected chi connectivity index (χ4v) is 3.75. The van der Waals surface area contributed by atoms with Crippen molar-refractivity contribution in [3.8, 4) is 5.75 Å². The summed E-state index contributed by atoms with van der Waals surface area (Å²) in [7, 11) is 3.59. The zero-order valence-electron chi connectivity index (χ0n) is 14.4. The smallest absolute Gasteiger partial charge is 0.253 e. The number of carbonyl (C=O) groups is 1. The molecule has 0 unspecified atom stereocenters. The lowest BCUT2D eigenvalue weighted by Gasteiger charge is -2.46. The molecule has 1 amide bonds. The normalized spacial score (nSPS) is 20.5. The second-order valence-electron chi connectivity index (χ2n) is 6.94. The van der Waals surface area contributed by atoms with E-state index in [-0.39, 0.29) is 24.1 Å². The summed E-state index contributed by atoms with van der Waals surface area (Å²) in [6, 6.07) is 4.34. The molecule has 2 saturated heterocycles. The Labute approximate surface area is 149 Å². The van der Waals surface area contributed by atoms with Gasteiger partial charge in [0.2, 0.25) is 0 Å². The number of benzene rings is 1. The highest BCUT2D eigenvalue weighted by Gasteiger charge is 2.38. The van der Waals surface area contributed by atoms with Gasteiger partial charge in [-0.1, -0.05) is 0 Å². The first-order chi connectivity index (χ1) is 11.0. The molecule has 24 heavy (non-hydrogen) atoms. The molecule has 1 spiro atoms. The summed E-state index contributed by atoms with van der Waals surface area (Å²) in [6.07, 6.45) is 4.61. The van der Waals surface area contributed by atoms with Gasteiger partial charge in [-0.2, -0.15) is 0 Å². The van der Waals surface area contributed by atoms with Crippen LogP contribution in [0.15, 0.2) is 18.2 Å². The van der Waals surface area contributed by atoms with Crippen molar-refractivity contribution in [2.45, 2.75) is 25.7 Å². The molecule has 1 aromatic carbocycles. The van der Waals surface area contributed by atoms with Gasteiger partial charge in [0.25, 0.3) is 5.91 Å². The SMILES string of the molecule is COc1cc(C(=O)N2CCC3(CCN(C)CC3)CC2)ccc1F.Cl. The van der Waals surface area contributed by atoms with Crippen molar-refractivity contribution >= 4 is 18.3 Å². The Kier molecular flexibility index (Phi) is 6.10. The van der Waals surface area contributed by atoms with Crippen molar-refractivity contribution in [3.63, 3.8) is 0 Å². The van der Waals surface area contributed by atoms with Crippen molar-refractivity contribution in [1.82, 2.24) is 9.80 Å². The Morgan fingerprint density at radius 3 is 2.29 bits per heavy atom. The van der Waals surface area contributed by atoms with Gasteiger partial charge in [0, 0.05) is 18.7 Å². The molecule has 0 aromatic heterocycles. The van der Waals surface area contributed by atoms with E-state index in [0.29, 0.717) is 11.0 Å². The van der Waals surface area contributed by atoms with E-state index in [1.165, 1.54) is 32.1 Å². The number of nitrogens with zero attached hydrogens (tertiary/aromatic N) is 2. The predicted molar refractivity (Wildman–Crippen MR) is 94.5 cm³/mol. The van der Waals surface area contributed by atoms with Crippen molar-refractivity contribution in [1.29, 1.82) is 0 Å². The maximum absolute atomic E-state index is 13.5. The highest BCUT2D eigenvalue weighted by Crippen LogP contribution is 2.41. The first-order valence-electron chi connectivity index (χ1n) is 8.34. The maximum Gasteiger partial charge on any atom is 0.253 e. The molecule has 2 heterocycles. The van der Waals surface area contributed by atoms with Crippen LogP contribution in [0.4, 0.5) is 4.39 Å². The van der Waals surface area contributed by atoms with Crippen LogP contribution in [0.5, 0.6) is 5.75 Å². The number of piperidine rings is 2. The molecule has 4 nitrogen and oxygen atoms in total. The van der Waals surface area contributed by atoms with Gasteiger partial charge < -0.3 is 14.5 Å². The molecule has 0 radical (unpaired) electrons. The molecule has 2 aliphatic heterocycles. The van der Waals surface area contributed by atoms with E-state index < -0.39 is 5.82 Å². The lowest BCUT2D eigenvalue weighted by atomic mass is 9.71. The van der Waals surface area contributed by atoms with Crippen molar-refractivity contribution in [3.05, 3.63) is 29.6 Å². The second kappa shape index (κ2) is 7.70. The van der Waals surface area contributed by atoms with Crippen LogP contribution in [-0.2, 0) is 0 Å². The number of halogens is 2. The minimum absolute atomic E-state index is 0. The van der Waals surface area contributed by atoms with Crippen LogP contribution < -0.4 is 4.74 Å². The fourth-order valence-electron chi connectivity index (χ4n) is 3.75. The van der Waals surface area contributed by atoms with Crippen molar-refractivity contribution in [2.75, 3.05) is 40.3 Å². The van der Waals surface area contributed by atoms with Gasteiger partial charge in [-0.05, 0) is 69.4 Å². The maximum atomic E-state index is 13.5. The number of methoxy groups -OCH3 is 1. The van der Waals surface area contributed by atoms with Gasteiger partial charge >= 0.3 is 0 Å². The molecule has 6 heteroatoms. The minimum Gasteiger partial charge on any atom is -0.494 e. The molecule has 1 aromatic rings. The van der Waals surface area contributed by atoms with Gasteiger partial charge in [0.1, 0.15) is 0 Å². The number of likely N-dealkylation sites (tertiary alicyclic amines) is 2. The van der Waals surface area contributed by atoms with E-state index in [4.69, 9.17) is 4.74 Å². The topological polar surface area (TPSA) is 32.8 Å². The molecule has 0 saturated carbocycles. The summed E-state index contributed by atoms with van der Waals surface area (Å²) in [4.78, 5) is 16.9. The van der Waals surface area contributed by atoms with E-state index in [0.717, 1.165) is 39.0 Å². The van der Waals surface area contributed by atoms with Crippen LogP contribution in [0, 0.1) is 11.2 Å². The summed E-state index contributed by atoms with van der Waals surface area (Å²) in [5.41, 5.74) is 0.923. The molecular formula is C18H26ClFN2O2. The van der Waals surface area contributed by atoms with Crippen molar-refractivity contribution in [2.24, 2.45) is 5.41 Å². The third kappa shape index (κ3) is 3.83. The molecule has 3 rings (SSSR count). The summed E-state index contributed by atoms with van der Waals surface area (Å²) < 4.78 is 18.5. The average Bonchev–Trinajstić information content (AvgIpc) is 2.58. The van der Waals surface area contributed by atoms with Gasteiger partial charge in [0.15, 0.2) is 11.6 Å². The zero-order chi connectivity index (χ0) is 16.4. The molecular weight excluding hydrogens is 331 g/mol. The standard InChI is InChI=1S/C18H25FN2O2.ClH/c1-20-9-5-18(6-10-20)7-11-21(12-8-18)17(22)14-3-4-15(19)16(13-14)23-2;/h3-4,13H,5-12H2,1-2H3;1H. The predicted octanol–water partition coefficient (Wildman–Crippen LogP) is 3.20. The van der Waals surface area contributed by atoms with Gasteiger partial charge in [0.05, 0.1) is 7.11 Å². The highest BCUT2D eigenvalue weighted by atomic mass is 35.5. The quantitative estimate of drug-likeness (QED) is 0.815. The molecule has 0 atom stereocenters. The van der Waals surface area contributed by atoms with Gasteiger partial charge in [-0.3, -0.25) is 4.79 Å². The zero-order valence-corrected chi connectivity index (χ0v) is 15.2. The second-order valence-corrected chi connectivity index (χ2v) is 6.94. The number of hydrogen-bond donors (Lipinski definition) is 0. The first-order valence-corrected chi connectivity index (χ1v) is 8.34. The number of rotatable bonds is 2. The third-order valence-corrected chi connectivity index (χ3v) is 5.56. The van der Waals surface area contributed by atoms with E-state index in [2.05, 4.69) is 11.9 Å². The largest absolute Gasteiger partial charge is 0.494 e. The van der Waals surface area contributed by atoms with E-state index in [1.807, 2.05) is 4.90 Å². The van der Waals surface area contributed by atoms with E-state index in [1.54, 1.807) is 6.07 Å². The van der Waals surface area contributed by atoms with Crippen molar-refractivity contribution < 1.29 is 13.9 Å². The Balaban J connectivity index is 0.00000208. The molecule has 0 aliphatic carbocycles. The Morgan fingerprint density at radius 1 is 1.12 bits per heavy atom. The molecule has 0 N–H and O–H groups in total. The lowest BCUT2D eigenvalue weighted by Crippen LogP contribution is -2.47. The number of amides is 1. The van der Waals surface area contributed by atoms with Gasteiger partial charge in [-0.15, -0.1) is 12.4 Å². The monoisotopic (exact) mass is 356 g/mol. The third-order valence-electron chi connectivity index (χ3n) is 5.56. The molecule has 2 fully saturated rings. The van der Waals surface area contributed by atoms with Crippen LogP contribution in [0.2, 0.25) is 0 Å². The summed E-state index contributed by atoms with van der Waals surface area (Å²) in [5, 5.41) is 0. The van der Waals surface area contributed by atoms with Crippen LogP contribution in [0.3, 0.4) is 0 Å². The molecule has 2 aliphatic rings. The summed E-state index contributed by atoms with van der Waals surface area (Å²) >= 11 is 0. The highest BCUT2D eigenvalue weighted by molar-refractivity contribution is 5.94. The molecule has 134 valence electrons. The fraction of sp³-hybridized carbons (Fsp3) is 0.611. The van der Waals surface area contributed by atoms with Crippen LogP contribution in [-0.4, -0.2) is 56.0 Å². The Bertz CT molecular complexity index is 578. The van der Waals surface area contributed by atoms with Crippen LogP contribution in [0.1, 0.15) is 36.0 Å². The van der Waals surface area contributed by atoms with E-state index in [9.17, 15) is 9.18 Å². The van der Waals surface area contributed by atoms with Crippen LogP contribution >= 0.6 is 12.4 Å². The summed E-state index contributed by atoms with van der Waals surface area (Å²) in [5.74, 6) is -0.335. The first kappa shape index (κ1) is 19.0. The van der Waals surface area contributed by atoms with E-state index >= 15 is 0 Å². The molecule has 0 bridgehead atoms. The number of ether oxygens (including phenoxy) is 1. The number of hydrogen-bond acceptors (Lipinski definition) is 3. The Hall–Kier alpha value is -1.33. The number of carbonyl (C=O) groups excluding carboxylic acids is 1. The van der Waals surface area contributed by atoms with Gasteiger partial charge in [-0.25, -0.2) is 4.39 Å². The summed E-state index contributed by atoms with van der Waals surface area (Å²) in [6.45, 7) is 3.90. The Morgan fingerprint density at radius 2 is 1.71 bits per heavy atom. The minimum atomic E-state index is -0.437. The average molecular weight is 357 g/mol.